The van der Waals surface area contributed by atoms with Crippen LogP contribution in [0, 0.1) is 0 Å². The Morgan fingerprint density at radius 2 is 1.93 bits per heavy atom. The van der Waals surface area contributed by atoms with E-state index in [1.54, 1.807) is 6.07 Å². The van der Waals surface area contributed by atoms with Crippen LogP contribution < -0.4 is 4.72 Å². The standard InChI is InChI=1S/C8H11Cl3N2OS/c1-7(2,3)5-4-6(12-14-5)13-15-8(9,10)11/h4H,1-3H3,(H,12,13). The van der Waals surface area contributed by atoms with Gasteiger partial charge in [0.25, 0.3) is 3.12 Å². The first-order valence-electron chi connectivity index (χ1n) is 4.16. The van der Waals surface area contributed by atoms with Crippen molar-refractivity contribution >= 4 is 52.6 Å². The van der Waals surface area contributed by atoms with Crippen LogP contribution in [0.5, 0.6) is 0 Å². The number of halogens is 3. The summed E-state index contributed by atoms with van der Waals surface area (Å²) in [6, 6.07) is 1.78. The van der Waals surface area contributed by atoms with E-state index in [0.29, 0.717) is 5.82 Å². The summed E-state index contributed by atoms with van der Waals surface area (Å²) in [5.74, 6) is 1.31. The molecule has 0 bridgehead atoms. The molecule has 1 rings (SSSR count). The molecule has 7 heteroatoms. The molecule has 0 aliphatic heterocycles. The molecule has 1 heterocycles. The highest BCUT2D eigenvalue weighted by Crippen LogP contribution is 2.39. The number of nitrogens with one attached hydrogen (secondary N) is 1. The van der Waals surface area contributed by atoms with E-state index in [1.807, 2.05) is 20.8 Å². The molecule has 3 nitrogen and oxygen atoms in total. The van der Waals surface area contributed by atoms with Crippen molar-refractivity contribution in [3.8, 4) is 0 Å². The number of aromatic nitrogens is 1. The van der Waals surface area contributed by atoms with Crippen LogP contribution in [0.25, 0.3) is 0 Å². The van der Waals surface area contributed by atoms with Crippen LogP contribution in [0.2, 0.25) is 0 Å². The first kappa shape index (κ1) is 13.3. The molecule has 1 N–H and O–H groups in total. The van der Waals surface area contributed by atoms with Crippen LogP contribution in [0.1, 0.15) is 26.5 Å². The molecule has 0 atom stereocenters. The minimum absolute atomic E-state index is 0.0857. The molecule has 0 aliphatic carbocycles. The second kappa shape index (κ2) is 4.62. The van der Waals surface area contributed by atoms with E-state index in [9.17, 15) is 0 Å². The Labute approximate surface area is 108 Å². The SMILES string of the molecule is CC(C)(C)c1cc(NSC(Cl)(Cl)Cl)no1. The van der Waals surface area contributed by atoms with Crippen LogP contribution in [0.4, 0.5) is 5.82 Å². The quantitative estimate of drug-likeness (QED) is 0.648. The number of alkyl halides is 3. The Kier molecular flexibility index (Phi) is 4.09. The van der Waals surface area contributed by atoms with Gasteiger partial charge in [-0.05, 0) is 0 Å². The fourth-order valence-electron chi connectivity index (χ4n) is 0.787. The number of anilines is 1. The zero-order valence-electron chi connectivity index (χ0n) is 8.47. The van der Waals surface area contributed by atoms with E-state index in [1.165, 1.54) is 0 Å². The third-order valence-corrected chi connectivity index (χ3v) is 2.76. The lowest BCUT2D eigenvalue weighted by Gasteiger charge is -2.12. The summed E-state index contributed by atoms with van der Waals surface area (Å²) in [7, 11) is 0. The average molecular weight is 290 g/mol. The van der Waals surface area contributed by atoms with Gasteiger partial charge in [-0.15, -0.1) is 0 Å². The van der Waals surface area contributed by atoms with Gasteiger partial charge in [0.1, 0.15) is 5.76 Å². The summed E-state index contributed by atoms with van der Waals surface area (Å²) in [6.45, 7) is 6.08. The molecule has 0 aliphatic rings. The van der Waals surface area contributed by atoms with Gasteiger partial charge in [0, 0.05) is 23.4 Å². The topological polar surface area (TPSA) is 38.1 Å². The molecule has 0 fully saturated rings. The molecule has 0 spiro atoms. The molecule has 0 unspecified atom stereocenters. The summed E-state index contributed by atoms with van der Waals surface area (Å²) in [4.78, 5) is 0. The summed E-state index contributed by atoms with van der Waals surface area (Å²) in [6.07, 6.45) is 0. The van der Waals surface area contributed by atoms with Gasteiger partial charge in [0.15, 0.2) is 5.82 Å². The first-order valence-corrected chi connectivity index (χ1v) is 6.11. The van der Waals surface area contributed by atoms with E-state index in [2.05, 4.69) is 9.88 Å². The van der Waals surface area contributed by atoms with Gasteiger partial charge in [0.2, 0.25) is 0 Å². The molecule has 0 aromatic carbocycles. The van der Waals surface area contributed by atoms with Crippen molar-refractivity contribution in [1.29, 1.82) is 0 Å². The molecule has 86 valence electrons. The van der Waals surface area contributed by atoms with E-state index < -0.39 is 3.12 Å². The minimum atomic E-state index is -1.42. The molecular weight excluding hydrogens is 279 g/mol. The summed E-state index contributed by atoms with van der Waals surface area (Å²) >= 11 is 17.6. The highest BCUT2D eigenvalue weighted by Gasteiger charge is 2.23. The highest BCUT2D eigenvalue weighted by molar-refractivity contribution is 8.05. The first-order chi connectivity index (χ1) is 6.68. The van der Waals surface area contributed by atoms with Crippen LogP contribution in [-0.4, -0.2) is 8.28 Å². The predicted octanol–water partition coefficient (Wildman–Crippen LogP) is 4.36. The van der Waals surface area contributed by atoms with Crippen molar-refractivity contribution in [2.45, 2.75) is 29.3 Å². The Hall–Kier alpha value is 0.230. The number of nitrogens with zero attached hydrogens (tertiary/aromatic N) is 1. The van der Waals surface area contributed by atoms with Crippen molar-refractivity contribution in [3.63, 3.8) is 0 Å². The summed E-state index contributed by atoms with van der Waals surface area (Å²) in [5.41, 5.74) is -0.0857. The van der Waals surface area contributed by atoms with Crippen LogP contribution in [-0.2, 0) is 5.41 Å². The Balaban J connectivity index is 2.62. The second-order valence-electron chi connectivity index (χ2n) is 3.98. The molecule has 0 saturated carbocycles. The lowest BCUT2D eigenvalue weighted by molar-refractivity contribution is 0.331. The molecule has 0 amide bonds. The van der Waals surface area contributed by atoms with Gasteiger partial charge in [-0.2, -0.15) is 0 Å². The highest BCUT2D eigenvalue weighted by atomic mass is 35.6. The van der Waals surface area contributed by atoms with Crippen LogP contribution in [0.3, 0.4) is 0 Å². The van der Waals surface area contributed by atoms with Gasteiger partial charge >= 0.3 is 0 Å². The van der Waals surface area contributed by atoms with Gasteiger partial charge in [-0.25, -0.2) is 0 Å². The van der Waals surface area contributed by atoms with E-state index in [0.717, 1.165) is 17.7 Å². The zero-order chi connectivity index (χ0) is 11.7. The Morgan fingerprint density at radius 3 is 2.33 bits per heavy atom. The van der Waals surface area contributed by atoms with Gasteiger partial charge in [-0.1, -0.05) is 60.7 Å². The zero-order valence-corrected chi connectivity index (χ0v) is 11.6. The van der Waals surface area contributed by atoms with Crippen molar-refractivity contribution in [1.82, 2.24) is 5.16 Å². The Morgan fingerprint density at radius 1 is 1.33 bits per heavy atom. The fraction of sp³-hybridized carbons (Fsp3) is 0.625. The molecule has 15 heavy (non-hydrogen) atoms. The maximum absolute atomic E-state index is 5.55. The van der Waals surface area contributed by atoms with Gasteiger partial charge < -0.3 is 9.25 Å². The number of hydrogen-bond donors (Lipinski definition) is 1. The summed E-state index contributed by atoms with van der Waals surface area (Å²) < 4.78 is 6.52. The largest absolute Gasteiger partial charge is 0.359 e. The van der Waals surface area contributed by atoms with Crippen molar-refractivity contribution in [2.24, 2.45) is 0 Å². The van der Waals surface area contributed by atoms with E-state index >= 15 is 0 Å². The molecule has 1 aromatic heterocycles. The smallest absolute Gasteiger partial charge is 0.256 e. The minimum Gasteiger partial charge on any atom is -0.359 e. The molecule has 0 saturated heterocycles. The maximum Gasteiger partial charge on any atom is 0.256 e. The van der Waals surface area contributed by atoms with E-state index in [4.69, 9.17) is 39.3 Å². The normalized spacial score (nSPS) is 12.9. The number of hydrogen-bond acceptors (Lipinski definition) is 4. The molecule has 0 radical (unpaired) electrons. The van der Waals surface area contributed by atoms with E-state index in [-0.39, 0.29) is 5.41 Å². The average Bonchev–Trinajstić information content (AvgIpc) is 2.45. The van der Waals surface area contributed by atoms with Crippen molar-refractivity contribution in [2.75, 3.05) is 4.72 Å². The molecular formula is C8H11Cl3N2OS. The molecule has 1 aromatic rings. The Bertz CT molecular complexity index is 329. The van der Waals surface area contributed by atoms with Gasteiger partial charge in [0.05, 0.1) is 0 Å². The van der Waals surface area contributed by atoms with Crippen molar-refractivity contribution < 1.29 is 4.52 Å². The van der Waals surface area contributed by atoms with Crippen LogP contribution in [0.15, 0.2) is 10.6 Å². The second-order valence-corrected chi connectivity index (χ2v) is 7.95. The predicted molar refractivity (Wildman–Crippen MR) is 66.7 cm³/mol. The monoisotopic (exact) mass is 288 g/mol. The number of rotatable bonds is 2. The maximum atomic E-state index is 5.55. The lowest BCUT2D eigenvalue weighted by Crippen LogP contribution is -2.09. The summed E-state index contributed by atoms with van der Waals surface area (Å²) in [5, 5.41) is 3.80. The fourth-order valence-corrected chi connectivity index (χ4v) is 1.45. The lowest BCUT2D eigenvalue weighted by atomic mass is 9.93. The van der Waals surface area contributed by atoms with Crippen LogP contribution >= 0.6 is 46.8 Å². The van der Waals surface area contributed by atoms with Gasteiger partial charge in [-0.3, -0.25) is 0 Å². The van der Waals surface area contributed by atoms with Crippen molar-refractivity contribution in [3.05, 3.63) is 11.8 Å². The third-order valence-electron chi connectivity index (χ3n) is 1.52. The third kappa shape index (κ3) is 4.72.